The van der Waals surface area contributed by atoms with Gasteiger partial charge in [0.2, 0.25) is 0 Å². The zero-order chi connectivity index (χ0) is 15.2. The van der Waals surface area contributed by atoms with Crippen LogP contribution in [-0.2, 0) is 6.42 Å². The minimum Gasteiger partial charge on any atom is -0.306 e. The van der Waals surface area contributed by atoms with Crippen molar-refractivity contribution in [2.45, 2.75) is 39.2 Å². The van der Waals surface area contributed by atoms with E-state index in [-0.39, 0.29) is 6.04 Å². The molecule has 2 rings (SSSR count). The predicted molar refractivity (Wildman–Crippen MR) is 100 cm³/mol. The molecule has 1 aromatic heterocycles. The van der Waals surface area contributed by atoms with Gasteiger partial charge in [-0.2, -0.15) is 0 Å². The monoisotopic (exact) mass is 429 g/mol. The zero-order valence-electron chi connectivity index (χ0n) is 12.5. The second-order valence-electron chi connectivity index (χ2n) is 5.16. The molecule has 2 aromatic rings. The van der Waals surface area contributed by atoms with Crippen LogP contribution < -0.4 is 5.32 Å². The van der Waals surface area contributed by atoms with E-state index in [1.54, 1.807) is 11.3 Å². The zero-order valence-corrected chi connectivity index (χ0v) is 16.4. The average molecular weight is 431 g/mol. The number of hydrogen-bond acceptors (Lipinski definition) is 2. The van der Waals surface area contributed by atoms with Crippen LogP contribution in [0.15, 0.2) is 37.9 Å². The lowest BCUT2D eigenvalue weighted by molar-refractivity contribution is 0.598. The van der Waals surface area contributed by atoms with Gasteiger partial charge in [-0.3, -0.25) is 0 Å². The first kappa shape index (κ1) is 17.2. The van der Waals surface area contributed by atoms with Crippen molar-refractivity contribution < 1.29 is 0 Å². The van der Waals surface area contributed by atoms with E-state index in [0.717, 1.165) is 23.2 Å². The maximum Gasteiger partial charge on any atom is 0.0761 e. The third-order valence-corrected chi connectivity index (χ3v) is 5.83. The second kappa shape index (κ2) is 8.47. The van der Waals surface area contributed by atoms with Crippen LogP contribution in [0.5, 0.6) is 0 Å². The Balaban J connectivity index is 2.28. The number of rotatable bonds is 7. The van der Waals surface area contributed by atoms with E-state index in [4.69, 9.17) is 0 Å². The number of nitrogens with one attached hydrogen (secondary N) is 1. The lowest BCUT2D eigenvalue weighted by Crippen LogP contribution is -2.23. The third-order valence-electron chi connectivity index (χ3n) is 3.44. The Labute approximate surface area is 148 Å². The van der Waals surface area contributed by atoms with Crippen molar-refractivity contribution >= 4 is 43.2 Å². The van der Waals surface area contributed by atoms with Crippen molar-refractivity contribution in [1.29, 1.82) is 0 Å². The first-order valence-electron chi connectivity index (χ1n) is 7.42. The molecule has 4 heteroatoms. The molecule has 0 aliphatic carbocycles. The quantitative estimate of drug-likeness (QED) is 0.542. The lowest BCUT2D eigenvalue weighted by Gasteiger charge is -2.19. The van der Waals surface area contributed by atoms with Crippen molar-refractivity contribution in [3.63, 3.8) is 0 Å². The summed E-state index contributed by atoms with van der Waals surface area (Å²) in [6.07, 6.45) is 3.48. The fraction of sp³-hybridized carbons (Fsp3) is 0.412. The largest absolute Gasteiger partial charge is 0.306 e. The highest BCUT2D eigenvalue weighted by molar-refractivity contribution is 9.12. The molecular formula is C17H21Br2NS. The van der Waals surface area contributed by atoms with Crippen LogP contribution >= 0.6 is 43.2 Å². The molecule has 0 aliphatic rings. The summed E-state index contributed by atoms with van der Waals surface area (Å²) in [5.74, 6) is 0. The normalized spacial score (nSPS) is 12.6. The minimum absolute atomic E-state index is 0.248. The summed E-state index contributed by atoms with van der Waals surface area (Å²) in [5, 5.41) is 3.66. The van der Waals surface area contributed by atoms with E-state index < -0.39 is 0 Å². The van der Waals surface area contributed by atoms with Gasteiger partial charge >= 0.3 is 0 Å². The Morgan fingerprint density at radius 1 is 1.10 bits per heavy atom. The minimum atomic E-state index is 0.248. The van der Waals surface area contributed by atoms with Gasteiger partial charge in [0.05, 0.1) is 13.6 Å². The topological polar surface area (TPSA) is 12.0 Å². The molecule has 1 nitrogen and oxygen atoms in total. The molecule has 0 fully saturated rings. The summed E-state index contributed by atoms with van der Waals surface area (Å²) in [4.78, 5) is 0. The molecule has 0 bridgehead atoms. The summed E-state index contributed by atoms with van der Waals surface area (Å²) in [5.41, 5.74) is 4.05. The van der Waals surface area contributed by atoms with Gasteiger partial charge in [0.15, 0.2) is 0 Å². The Morgan fingerprint density at radius 3 is 2.33 bits per heavy atom. The van der Waals surface area contributed by atoms with Gasteiger partial charge < -0.3 is 5.32 Å². The van der Waals surface area contributed by atoms with E-state index in [2.05, 4.69) is 81.4 Å². The summed E-state index contributed by atoms with van der Waals surface area (Å²) in [6.45, 7) is 5.44. The molecule has 0 amide bonds. The molecular weight excluding hydrogens is 410 g/mol. The molecule has 0 spiro atoms. The van der Waals surface area contributed by atoms with Crippen molar-refractivity contribution in [2.24, 2.45) is 0 Å². The van der Waals surface area contributed by atoms with Gasteiger partial charge in [0.1, 0.15) is 0 Å². The summed E-state index contributed by atoms with van der Waals surface area (Å²) in [6, 6.07) is 11.5. The van der Waals surface area contributed by atoms with Gasteiger partial charge in [0.25, 0.3) is 0 Å². The summed E-state index contributed by atoms with van der Waals surface area (Å²) >= 11 is 9.01. The fourth-order valence-corrected chi connectivity index (χ4v) is 5.31. The molecule has 1 atom stereocenters. The second-order valence-corrected chi connectivity index (χ2v) is 8.91. The number of thiophene rings is 1. The average Bonchev–Trinajstić information content (AvgIpc) is 2.80. The van der Waals surface area contributed by atoms with Crippen LogP contribution in [0.25, 0.3) is 0 Å². The molecule has 0 aliphatic heterocycles. The molecule has 21 heavy (non-hydrogen) atoms. The Morgan fingerprint density at radius 2 is 1.81 bits per heavy atom. The van der Waals surface area contributed by atoms with Crippen molar-refractivity contribution in [3.05, 3.63) is 54.6 Å². The first-order chi connectivity index (χ1) is 10.2. The van der Waals surface area contributed by atoms with Gasteiger partial charge in [0, 0.05) is 0 Å². The van der Waals surface area contributed by atoms with Crippen LogP contribution in [-0.4, -0.2) is 6.54 Å². The van der Waals surface area contributed by atoms with E-state index in [0.29, 0.717) is 0 Å². The highest BCUT2D eigenvalue weighted by Gasteiger charge is 2.18. The smallest absolute Gasteiger partial charge is 0.0761 e. The Bertz CT molecular complexity index is 563. The maximum atomic E-state index is 3.69. The van der Waals surface area contributed by atoms with E-state index in [9.17, 15) is 0 Å². The molecule has 0 saturated carbocycles. The molecule has 1 heterocycles. The van der Waals surface area contributed by atoms with Gasteiger partial charge in [-0.05, 0) is 74.0 Å². The number of benzene rings is 1. The predicted octanol–water partition coefficient (Wildman–Crippen LogP) is 6.31. The molecule has 1 aromatic carbocycles. The Kier molecular flexibility index (Phi) is 6.93. The van der Waals surface area contributed by atoms with Crippen LogP contribution in [0.3, 0.4) is 0 Å². The molecule has 0 saturated heterocycles. The Hall–Kier alpha value is -0.160. The van der Waals surface area contributed by atoms with Crippen molar-refractivity contribution in [1.82, 2.24) is 5.32 Å². The standard InChI is InChI=1S/C17H21Br2NS/c1-3-5-12-6-8-13(9-7-12)16(20-10-4-2)14-11-15(18)21-17(14)19/h6-9,11,16,20H,3-5,10H2,1-2H3. The summed E-state index contributed by atoms with van der Waals surface area (Å²) < 4.78 is 2.36. The number of halogens is 2. The fourth-order valence-electron chi connectivity index (χ4n) is 2.41. The first-order valence-corrected chi connectivity index (χ1v) is 9.82. The van der Waals surface area contributed by atoms with Crippen molar-refractivity contribution in [3.8, 4) is 0 Å². The molecule has 114 valence electrons. The van der Waals surface area contributed by atoms with Crippen molar-refractivity contribution in [2.75, 3.05) is 6.54 Å². The summed E-state index contributed by atoms with van der Waals surface area (Å²) in [7, 11) is 0. The maximum absolute atomic E-state index is 3.69. The SMILES string of the molecule is CCCNC(c1ccc(CCC)cc1)c1cc(Br)sc1Br. The van der Waals surface area contributed by atoms with E-state index in [1.807, 2.05) is 0 Å². The third kappa shape index (κ3) is 4.65. The van der Waals surface area contributed by atoms with Crippen LogP contribution in [0.2, 0.25) is 0 Å². The highest BCUT2D eigenvalue weighted by Crippen LogP contribution is 2.37. The number of hydrogen-bond donors (Lipinski definition) is 1. The van der Waals surface area contributed by atoms with Gasteiger partial charge in [-0.25, -0.2) is 0 Å². The van der Waals surface area contributed by atoms with Crippen LogP contribution in [0, 0.1) is 0 Å². The lowest BCUT2D eigenvalue weighted by atomic mass is 9.99. The number of aryl methyl sites for hydroxylation is 1. The van der Waals surface area contributed by atoms with Crippen LogP contribution in [0.4, 0.5) is 0 Å². The molecule has 1 unspecified atom stereocenters. The van der Waals surface area contributed by atoms with Gasteiger partial charge in [-0.1, -0.05) is 44.5 Å². The molecule has 1 N–H and O–H groups in total. The highest BCUT2D eigenvalue weighted by atomic mass is 79.9. The van der Waals surface area contributed by atoms with E-state index in [1.165, 1.54) is 26.9 Å². The van der Waals surface area contributed by atoms with Gasteiger partial charge in [-0.15, -0.1) is 11.3 Å². The van der Waals surface area contributed by atoms with E-state index >= 15 is 0 Å². The van der Waals surface area contributed by atoms with Crippen LogP contribution in [0.1, 0.15) is 49.4 Å². The molecule has 0 radical (unpaired) electrons.